The number of unbranched alkanes of at least 4 members (excludes halogenated alkanes) is 20. The van der Waals surface area contributed by atoms with Gasteiger partial charge in [0.05, 0.1) is 6.26 Å². The average molecular weight is 395 g/mol. The van der Waals surface area contributed by atoms with Crippen molar-refractivity contribution in [1.29, 1.82) is 0 Å². The lowest BCUT2D eigenvalue weighted by atomic mass is 10.0. The Morgan fingerprint density at radius 2 is 0.857 bits per heavy atom. The Morgan fingerprint density at radius 3 is 1.14 bits per heavy atom. The summed E-state index contributed by atoms with van der Waals surface area (Å²) in [5.74, 6) is -0.146. The fraction of sp³-hybridized carbons (Fsp3) is 0.885. The van der Waals surface area contributed by atoms with Crippen LogP contribution in [0.15, 0.2) is 12.8 Å². The van der Waals surface area contributed by atoms with Gasteiger partial charge in [0.2, 0.25) is 0 Å². The fourth-order valence-corrected chi connectivity index (χ4v) is 3.85. The maximum Gasteiger partial charge on any atom is 0.310 e. The third kappa shape index (κ3) is 23.2. The zero-order valence-corrected chi connectivity index (χ0v) is 19.2. The quantitative estimate of drug-likeness (QED) is 0.0980. The highest BCUT2D eigenvalue weighted by Gasteiger charge is 2.00. The van der Waals surface area contributed by atoms with Gasteiger partial charge in [0, 0.05) is 6.42 Å². The van der Waals surface area contributed by atoms with Crippen LogP contribution in [0.25, 0.3) is 0 Å². The third-order valence-corrected chi connectivity index (χ3v) is 5.70. The Labute approximate surface area is 176 Å². The number of carbonyl (C=O) groups excluding carboxylic acids is 1. The van der Waals surface area contributed by atoms with E-state index in [2.05, 4.69) is 13.5 Å². The van der Waals surface area contributed by atoms with Gasteiger partial charge in [0.1, 0.15) is 0 Å². The minimum absolute atomic E-state index is 0.146. The number of ether oxygens (including phenoxy) is 1. The molecule has 0 spiro atoms. The van der Waals surface area contributed by atoms with Crippen molar-refractivity contribution in [2.24, 2.45) is 0 Å². The predicted molar refractivity (Wildman–Crippen MR) is 124 cm³/mol. The van der Waals surface area contributed by atoms with E-state index in [0.29, 0.717) is 6.42 Å². The second-order valence-electron chi connectivity index (χ2n) is 8.48. The van der Waals surface area contributed by atoms with Crippen LogP contribution < -0.4 is 0 Å². The smallest absolute Gasteiger partial charge is 0.310 e. The van der Waals surface area contributed by atoms with E-state index in [0.717, 1.165) is 12.8 Å². The van der Waals surface area contributed by atoms with Gasteiger partial charge in [-0.25, -0.2) is 0 Å². The first-order valence-corrected chi connectivity index (χ1v) is 12.6. The average Bonchev–Trinajstić information content (AvgIpc) is 2.69. The van der Waals surface area contributed by atoms with Crippen molar-refractivity contribution in [2.45, 2.75) is 148 Å². The molecule has 0 aromatic carbocycles. The van der Waals surface area contributed by atoms with Crippen molar-refractivity contribution in [3.63, 3.8) is 0 Å². The highest BCUT2D eigenvalue weighted by Crippen LogP contribution is 2.15. The molecule has 28 heavy (non-hydrogen) atoms. The highest BCUT2D eigenvalue weighted by atomic mass is 16.5. The predicted octanol–water partition coefficient (Wildman–Crippen LogP) is 9.28. The zero-order valence-electron chi connectivity index (χ0n) is 19.2. The maximum absolute atomic E-state index is 11.2. The summed E-state index contributed by atoms with van der Waals surface area (Å²) in [6.45, 7) is 5.68. The second-order valence-corrected chi connectivity index (χ2v) is 8.48. The molecule has 166 valence electrons. The highest BCUT2D eigenvalue weighted by molar-refractivity contribution is 5.69. The molecule has 2 nitrogen and oxygen atoms in total. The van der Waals surface area contributed by atoms with Gasteiger partial charge in [-0.3, -0.25) is 4.79 Å². The molecule has 0 saturated heterocycles. The minimum Gasteiger partial charge on any atom is -0.435 e. The van der Waals surface area contributed by atoms with Crippen LogP contribution in [0.5, 0.6) is 0 Å². The topological polar surface area (TPSA) is 26.3 Å². The summed E-state index contributed by atoms with van der Waals surface area (Å²) in [6, 6.07) is 0. The molecular weight excluding hydrogens is 344 g/mol. The lowest BCUT2D eigenvalue weighted by Gasteiger charge is -2.04. The molecule has 0 aliphatic rings. The third-order valence-electron chi connectivity index (χ3n) is 5.70. The fourth-order valence-electron chi connectivity index (χ4n) is 3.85. The number of rotatable bonds is 23. The maximum atomic E-state index is 11.2. The van der Waals surface area contributed by atoms with E-state index >= 15 is 0 Å². The minimum atomic E-state index is -0.146. The first-order chi connectivity index (χ1) is 13.8. The van der Waals surface area contributed by atoms with Crippen LogP contribution >= 0.6 is 0 Å². The van der Waals surface area contributed by atoms with Crippen LogP contribution in [-0.2, 0) is 9.53 Å². The van der Waals surface area contributed by atoms with E-state index in [9.17, 15) is 4.79 Å². The summed E-state index contributed by atoms with van der Waals surface area (Å²) in [4.78, 5) is 11.2. The molecule has 0 heterocycles. The van der Waals surface area contributed by atoms with E-state index in [-0.39, 0.29) is 5.97 Å². The van der Waals surface area contributed by atoms with E-state index in [4.69, 9.17) is 4.74 Å². The van der Waals surface area contributed by atoms with E-state index in [1.807, 2.05) is 0 Å². The molecule has 0 aromatic heterocycles. The van der Waals surface area contributed by atoms with Gasteiger partial charge in [-0.15, -0.1) is 0 Å². The Hall–Kier alpha value is -0.790. The standard InChI is InChI=1S/C26H50O2/c1-3-5-6-7-8-9-10-11-12-13-14-15-16-17-18-19-20-21-22-23-24-25-26(27)28-4-2/h4H,2-3,5-25H2,1H3. The molecule has 0 bridgehead atoms. The molecular formula is C26H50O2. The molecule has 2 heteroatoms. The van der Waals surface area contributed by atoms with Crippen molar-refractivity contribution in [3.05, 3.63) is 12.8 Å². The molecule has 0 amide bonds. The first kappa shape index (κ1) is 27.2. The lowest BCUT2D eigenvalue weighted by Crippen LogP contribution is -1.98. The molecule has 0 N–H and O–H groups in total. The lowest BCUT2D eigenvalue weighted by molar-refractivity contribution is -0.138. The normalized spacial score (nSPS) is 10.9. The monoisotopic (exact) mass is 394 g/mol. The summed E-state index contributed by atoms with van der Waals surface area (Å²) in [7, 11) is 0. The van der Waals surface area contributed by atoms with Crippen molar-refractivity contribution < 1.29 is 9.53 Å². The van der Waals surface area contributed by atoms with E-state index in [1.54, 1.807) is 0 Å². The summed E-state index contributed by atoms with van der Waals surface area (Å²) < 4.78 is 4.71. The van der Waals surface area contributed by atoms with Gasteiger partial charge < -0.3 is 4.74 Å². The number of carbonyl (C=O) groups is 1. The Bertz CT molecular complexity index is 324. The van der Waals surface area contributed by atoms with Crippen molar-refractivity contribution in [2.75, 3.05) is 0 Å². The molecule has 0 atom stereocenters. The van der Waals surface area contributed by atoms with Crippen molar-refractivity contribution >= 4 is 5.97 Å². The van der Waals surface area contributed by atoms with Crippen LogP contribution in [0, 0.1) is 0 Å². The van der Waals surface area contributed by atoms with Crippen LogP contribution in [0.3, 0.4) is 0 Å². The summed E-state index contributed by atoms with van der Waals surface area (Å²) >= 11 is 0. The second kappa shape index (κ2) is 24.2. The van der Waals surface area contributed by atoms with Gasteiger partial charge in [-0.1, -0.05) is 142 Å². The van der Waals surface area contributed by atoms with Gasteiger partial charge in [0.15, 0.2) is 0 Å². The van der Waals surface area contributed by atoms with Crippen LogP contribution in [0.2, 0.25) is 0 Å². The van der Waals surface area contributed by atoms with E-state index < -0.39 is 0 Å². The van der Waals surface area contributed by atoms with Crippen LogP contribution in [0.4, 0.5) is 0 Å². The first-order valence-electron chi connectivity index (χ1n) is 12.6. The van der Waals surface area contributed by atoms with Gasteiger partial charge in [-0.05, 0) is 6.42 Å². The Kier molecular flexibility index (Phi) is 23.6. The molecule has 0 aliphatic carbocycles. The number of esters is 1. The largest absolute Gasteiger partial charge is 0.435 e. The van der Waals surface area contributed by atoms with Gasteiger partial charge in [-0.2, -0.15) is 0 Å². The summed E-state index contributed by atoms with van der Waals surface area (Å²) in [5, 5.41) is 0. The molecule has 0 aromatic rings. The van der Waals surface area contributed by atoms with Gasteiger partial charge >= 0.3 is 5.97 Å². The zero-order chi connectivity index (χ0) is 20.5. The van der Waals surface area contributed by atoms with Gasteiger partial charge in [0.25, 0.3) is 0 Å². The van der Waals surface area contributed by atoms with Crippen LogP contribution in [0.1, 0.15) is 148 Å². The summed E-state index contributed by atoms with van der Waals surface area (Å²) in [6.07, 6.45) is 30.8. The summed E-state index contributed by atoms with van der Waals surface area (Å²) in [5.41, 5.74) is 0. The van der Waals surface area contributed by atoms with E-state index in [1.165, 1.54) is 128 Å². The van der Waals surface area contributed by atoms with Crippen molar-refractivity contribution in [3.8, 4) is 0 Å². The molecule has 0 rings (SSSR count). The molecule has 0 fully saturated rings. The van der Waals surface area contributed by atoms with Crippen molar-refractivity contribution in [1.82, 2.24) is 0 Å². The SMILES string of the molecule is C=COC(=O)CCCCCCCCCCCCCCCCCCCCCCC. The molecule has 0 saturated carbocycles. The molecule has 0 aliphatic heterocycles. The molecule has 0 radical (unpaired) electrons. The number of hydrogen-bond donors (Lipinski definition) is 0. The Morgan fingerprint density at radius 1 is 0.571 bits per heavy atom. The number of hydrogen-bond acceptors (Lipinski definition) is 2. The Balaban J connectivity index is 3.03. The van der Waals surface area contributed by atoms with Crippen LogP contribution in [-0.4, -0.2) is 5.97 Å². The molecule has 0 unspecified atom stereocenters.